The van der Waals surface area contributed by atoms with Crippen molar-refractivity contribution in [2.45, 2.75) is 118 Å². The minimum absolute atomic E-state index is 0.200. The molecule has 0 aromatic heterocycles. The van der Waals surface area contributed by atoms with E-state index < -0.39 is 0 Å². The van der Waals surface area contributed by atoms with Crippen LogP contribution in [0, 0.1) is 0 Å². The highest BCUT2D eigenvalue weighted by Gasteiger charge is 2.20. The number of fused-ring (bicyclic) bond motifs is 1. The van der Waals surface area contributed by atoms with Crippen LogP contribution in [0.25, 0.3) is 0 Å². The molecule has 4 rings (SSSR count). The Labute approximate surface area is 234 Å². The van der Waals surface area contributed by atoms with E-state index in [9.17, 15) is 0 Å². The Hall–Kier alpha value is -2.60. The Balaban J connectivity index is 0.00000195. The Morgan fingerprint density at radius 3 is 1.97 bits per heavy atom. The van der Waals surface area contributed by atoms with Gasteiger partial charge in [-0.05, 0) is 118 Å². The topological polar surface area (TPSA) is 0 Å². The summed E-state index contributed by atoms with van der Waals surface area (Å²) < 4.78 is 0. The average molecular weight is 509 g/mol. The molecule has 0 spiro atoms. The van der Waals surface area contributed by atoms with Crippen molar-refractivity contribution in [3.8, 4) is 0 Å². The van der Waals surface area contributed by atoms with Crippen molar-refractivity contribution in [3.05, 3.63) is 117 Å². The van der Waals surface area contributed by atoms with E-state index in [0.717, 1.165) is 25.7 Å². The fourth-order valence-corrected chi connectivity index (χ4v) is 6.38. The normalized spacial score (nSPS) is 13.6. The highest BCUT2D eigenvalue weighted by molar-refractivity contribution is 5.47. The zero-order valence-corrected chi connectivity index (χ0v) is 25.5. The zero-order chi connectivity index (χ0) is 27.9. The largest absolute Gasteiger partial charge is 0.106 e. The molecule has 3 aromatic carbocycles. The third-order valence-electron chi connectivity index (χ3n) is 8.49. The van der Waals surface area contributed by atoms with E-state index in [-0.39, 0.29) is 5.41 Å². The average Bonchev–Trinajstić information content (AvgIpc) is 3.37. The molecule has 0 amide bonds. The minimum atomic E-state index is 0.200. The van der Waals surface area contributed by atoms with E-state index in [1.807, 2.05) is 0 Å². The zero-order valence-electron chi connectivity index (χ0n) is 25.5. The van der Waals surface area contributed by atoms with Crippen LogP contribution in [0.2, 0.25) is 0 Å². The van der Waals surface area contributed by atoms with Crippen LogP contribution in [0.5, 0.6) is 0 Å². The van der Waals surface area contributed by atoms with Crippen LogP contribution in [-0.2, 0) is 50.4 Å². The molecule has 0 aliphatic heterocycles. The molecule has 38 heavy (non-hydrogen) atoms. The fraction of sp³-hybridized carbons (Fsp3) is 0.474. The summed E-state index contributed by atoms with van der Waals surface area (Å²) in [6.07, 6.45) is 10.7. The molecular weight excluding hydrogens is 456 g/mol. The Morgan fingerprint density at radius 2 is 1.39 bits per heavy atom. The van der Waals surface area contributed by atoms with Gasteiger partial charge >= 0.3 is 0 Å². The van der Waals surface area contributed by atoms with Gasteiger partial charge in [0.25, 0.3) is 0 Å². The van der Waals surface area contributed by atoms with Crippen molar-refractivity contribution >= 4 is 0 Å². The maximum atomic E-state index is 3.00. The molecule has 0 N–H and O–H groups in total. The van der Waals surface area contributed by atoms with Crippen molar-refractivity contribution < 1.29 is 0 Å². The summed E-state index contributed by atoms with van der Waals surface area (Å²) in [6, 6.07) is 19.4. The summed E-state index contributed by atoms with van der Waals surface area (Å²) in [5.41, 5.74) is 15.8. The van der Waals surface area contributed by atoms with E-state index in [1.165, 1.54) is 48.8 Å². The van der Waals surface area contributed by atoms with Crippen LogP contribution in [0.1, 0.15) is 123 Å². The summed E-state index contributed by atoms with van der Waals surface area (Å²) in [5.74, 6) is 0.550. The summed E-state index contributed by atoms with van der Waals surface area (Å²) in [4.78, 5) is 0. The summed E-state index contributed by atoms with van der Waals surface area (Å²) >= 11 is 0. The van der Waals surface area contributed by atoms with Crippen LogP contribution in [0.4, 0.5) is 0 Å². The standard InChI is InChI=1S/C36H48.C2H4/c1-8-12-30-23-28-13-11-14-29(28)24-34(30)25(4)21-31-18-17-27(9-2)35(33(31)10-3)22-26-15-19-32(20-16-26)36(5,6)7;1-2/h15-20,23-25H,8-14,21-22H2,1-7H3;1-2H2. The van der Waals surface area contributed by atoms with Gasteiger partial charge in [0.15, 0.2) is 0 Å². The number of hydrogen-bond donors (Lipinski definition) is 0. The molecule has 204 valence electrons. The number of rotatable bonds is 9. The van der Waals surface area contributed by atoms with Gasteiger partial charge in [0, 0.05) is 0 Å². The lowest BCUT2D eigenvalue weighted by atomic mass is 9.82. The molecule has 1 aliphatic rings. The molecule has 1 atom stereocenters. The smallest absolute Gasteiger partial charge is 0.00202 e. The number of aryl methyl sites for hydroxylation is 4. The highest BCUT2D eigenvalue weighted by atomic mass is 14.3. The van der Waals surface area contributed by atoms with Gasteiger partial charge in [-0.3, -0.25) is 0 Å². The molecule has 0 bridgehead atoms. The molecule has 0 radical (unpaired) electrons. The second kappa shape index (κ2) is 13.5. The molecule has 0 saturated carbocycles. The Bertz CT molecular complexity index is 1190. The molecular formula is C38H52. The minimum Gasteiger partial charge on any atom is -0.106 e. The van der Waals surface area contributed by atoms with E-state index in [1.54, 1.807) is 38.9 Å². The predicted molar refractivity (Wildman–Crippen MR) is 169 cm³/mol. The first-order valence-electron chi connectivity index (χ1n) is 15.1. The van der Waals surface area contributed by atoms with E-state index in [4.69, 9.17) is 0 Å². The monoisotopic (exact) mass is 508 g/mol. The van der Waals surface area contributed by atoms with Crippen LogP contribution in [0.3, 0.4) is 0 Å². The maximum absolute atomic E-state index is 3.00. The first-order chi connectivity index (χ1) is 18.2. The third-order valence-corrected chi connectivity index (χ3v) is 8.49. The van der Waals surface area contributed by atoms with Gasteiger partial charge in [0.05, 0.1) is 0 Å². The first kappa shape index (κ1) is 29.9. The predicted octanol–water partition coefficient (Wildman–Crippen LogP) is 10.3. The second-order valence-electron chi connectivity index (χ2n) is 12.2. The van der Waals surface area contributed by atoms with Crippen LogP contribution in [0.15, 0.2) is 61.7 Å². The molecule has 0 saturated heterocycles. The van der Waals surface area contributed by atoms with Gasteiger partial charge in [-0.1, -0.05) is 103 Å². The van der Waals surface area contributed by atoms with Crippen molar-refractivity contribution in [1.29, 1.82) is 0 Å². The van der Waals surface area contributed by atoms with E-state index >= 15 is 0 Å². The molecule has 3 aromatic rings. The Morgan fingerprint density at radius 1 is 0.763 bits per heavy atom. The number of hydrogen-bond acceptors (Lipinski definition) is 0. The lowest BCUT2D eigenvalue weighted by Crippen LogP contribution is -2.11. The molecule has 1 unspecified atom stereocenters. The lowest BCUT2D eigenvalue weighted by molar-refractivity contribution is 0.590. The van der Waals surface area contributed by atoms with Crippen LogP contribution < -0.4 is 0 Å². The van der Waals surface area contributed by atoms with E-state index in [2.05, 4.69) is 110 Å². The molecule has 1 aliphatic carbocycles. The maximum Gasteiger partial charge on any atom is -0.00202 e. The molecule has 0 heterocycles. The molecule has 0 fully saturated rings. The summed E-state index contributed by atoms with van der Waals surface area (Å²) in [6.45, 7) is 22.3. The van der Waals surface area contributed by atoms with Crippen LogP contribution in [-0.4, -0.2) is 0 Å². The highest BCUT2D eigenvalue weighted by Crippen LogP contribution is 2.34. The number of benzene rings is 3. The molecule has 0 nitrogen and oxygen atoms in total. The van der Waals surface area contributed by atoms with Gasteiger partial charge in [0.1, 0.15) is 0 Å². The quantitative estimate of drug-likeness (QED) is 0.252. The van der Waals surface area contributed by atoms with Gasteiger partial charge in [-0.2, -0.15) is 0 Å². The first-order valence-corrected chi connectivity index (χ1v) is 15.1. The summed E-state index contributed by atoms with van der Waals surface area (Å²) in [5, 5.41) is 0. The van der Waals surface area contributed by atoms with Gasteiger partial charge < -0.3 is 0 Å². The van der Waals surface area contributed by atoms with Crippen molar-refractivity contribution in [2.24, 2.45) is 0 Å². The second-order valence-corrected chi connectivity index (χ2v) is 12.2. The third kappa shape index (κ3) is 6.88. The van der Waals surface area contributed by atoms with E-state index in [0.29, 0.717) is 5.92 Å². The lowest BCUT2D eigenvalue weighted by Gasteiger charge is -2.23. The van der Waals surface area contributed by atoms with Gasteiger partial charge in [-0.25, -0.2) is 0 Å². The fourth-order valence-electron chi connectivity index (χ4n) is 6.38. The van der Waals surface area contributed by atoms with Crippen molar-refractivity contribution in [1.82, 2.24) is 0 Å². The summed E-state index contributed by atoms with van der Waals surface area (Å²) in [7, 11) is 0. The van der Waals surface area contributed by atoms with Gasteiger partial charge in [-0.15, -0.1) is 13.2 Å². The Kier molecular flexibility index (Phi) is 10.6. The van der Waals surface area contributed by atoms with Crippen molar-refractivity contribution in [2.75, 3.05) is 0 Å². The molecule has 0 heteroatoms. The van der Waals surface area contributed by atoms with Crippen LogP contribution >= 0.6 is 0 Å². The van der Waals surface area contributed by atoms with Crippen molar-refractivity contribution in [3.63, 3.8) is 0 Å². The SMILES string of the molecule is C=C.CCCc1cc2c(cc1C(C)Cc1ccc(CC)c(Cc3ccc(C(C)(C)C)cc3)c1CC)CCC2. The van der Waals surface area contributed by atoms with Gasteiger partial charge in [0.2, 0.25) is 0 Å².